The van der Waals surface area contributed by atoms with Crippen LogP contribution in [0.25, 0.3) is 0 Å². The molecule has 1 saturated heterocycles. The van der Waals surface area contributed by atoms with Gasteiger partial charge in [0.05, 0.1) is 0 Å². The summed E-state index contributed by atoms with van der Waals surface area (Å²) in [5.41, 5.74) is 1.13. The minimum absolute atomic E-state index is 0.143. The number of carbonyl (C=O) groups excluding carboxylic acids is 1. The molecule has 74 valence electrons. The zero-order valence-electron chi connectivity index (χ0n) is 7.90. The molecule has 2 rings (SSSR count). The maximum Gasteiger partial charge on any atom is 0.229 e. The zero-order valence-corrected chi connectivity index (χ0v) is 9.49. The van der Waals surface area contributed by atoms with Crippen LogP contribution < -0.4 is 4.90 Å². The molecule has 0 N–H and O–H groups in total. The number of halogens is 1. The van der Waals surface area contributed by atoms with Crippen LogP contribution in [0.2, 0.25) is 0 Å². The lowest BCUT2D eigenvalue weighted by atomic mass is 10.3. The summed E-state index contributed by atoms with van der Waals surface area (Å²) in [6.45, 7) is 2.71. The van der Waals surface area contributed by atoms with Gasteiger partial charge in [-0.1, -0.05) is 15.9 Å². The Bertz CT molecular complexity index is 367. The molecule has 0 radical (unpaired) electrons. The summed E-state index contributed by atoms with van der Waals surface area (Å²) in [4.78, 5) is 17.7. The number of aryl methyl sites for hydroxylation is 1. The number of rotatable bonds is 1. The molecular formula is C10H11BrN2O. The predicted molar refractivity (Wildman–Crippen MR) is 58.7 cm³/mol. The number of pyridine rings is 1. The lowest BCUT2D eigenvalue weighted by Crippen LogP contribution is -2.25. The smallest absolute Gasteiger partial charge is 0.229 e. The van der Waals surface area contributed by atoms with Crippen molar-refractivity contribution in [3.63, 3.8) is 0 Å². The fourth-order valence-electron chi connectivity index (χ4n) is 1.55. The SMILES string of the molecule is Cc1ccnc(N2CC(Br)CC2=O)c1. The number of alkyl halides is 1. The Kier molecular flexibility index (Phi) is 2.54. The van der Waals surface area contributed by atoms with Crippen LogP contribution in [0.1, 0.15) is 12.0 Å². The van der Waals surface area contributed by atoms with Crippen LogP contribution in [-0.2, 0) is 4.79 Å². The normalized spacial score (nSPS) is 21.7. The third kappa shape index (κ3) is 1.80. The maximum atomic E-state index is 11.6. The van der Waals surface area contributed by atoms with E-state index in [9.17, 15) is 4.79 Å². The van der Waals surface area contributed by atoms with Gasteiger partial charge < -0.3 is 0 Å². The summed E-state index contributed by atoms with van der Waals surface area (Å²) in [5.74, 6) is 0.905. The lowest BCUT2D eigenvalue weighted by Gasteiger charge is -2.14. The van der Waals surface area contributed by atoms with Crippen LogP contribution in [0.5, 0.6) is 0 Å². The summed E-state index contributed by atoms with van der Waals surface area (Å²) in [5, 5.41) is 0. The van der Waals surface area contributed by atoms with Crippen molar-refractivity contribution in [3.05, 3.63) is 23.9 Å². The van der Waals surface area contributed by atoms with Gasteiger partial charge in [-0.05, 0) is 24.6 Å². The molecule has 0 saturated carbocycles. The van der Waals surface area contributed by atoms with E-state index in [1.165, 1.54) is 0 Å². The standard InChI is InChI=1S/C10H11BrN2O/c1-7-2-3-12-9(4-7)13-6-8(11)5-10(13)14/h2-4,8H,5-6H2,1H3. The molecule has 1 aromatic rings. The quantitative estimate of drug-likeness (QED) is 0.718. The Balaban J connectivity index is 2.27. The molecule has 1 aromatic heterocycles. The summed E-state index contributed by atoms with van der Waals surface area (Å²) < 4.78 is 0. The first-order valence-electron chi connectivity index (χ1n) is 4.54. The number of nitrogens with zero attached hydrogens (tertiary/aromatic N) is 2. The Labute approximate surface area is 91.3 Å². The van der Waals surface area contributed by atoms with Gasteiger partial charge in [0.15, 0.2) is 0 Å². The summed E-state index contributed by atoms with van der Waals surface area (Å²) in [7, 11) is 0. The van der Waals surface area contributed by atoms with Crippen LogP contribution in [0.4, 0.5) is 5.82 Å². The van der Waals surface area contributed by atoms with Gasteiger partial charge in [-0.2, -0.15) is 0 Å². The number of carbonyl (C=O) groups is 1. The second kappa shape index (κ2) is 3.69. The first kappa shape index (κ1) is 9.65. The van der Waals surface area contributed by atoms with Gasteiger partial charge in [-0.15, -0.1) is 0 Å². The zero-order chi connectivity index (χ0) is 10.1. The molecule has 1 atom stereocenters. The van der Waals surface area contributed by atoms with Crippen LogP contribution in [0.3, 0.4) is 0 Å². The molecule has 2 heterocycles. The Morgan fingerprint density at radius 2 is 2.43 bits per heavy atom. The highest BCUT2D eigenvalue weighted by Crippen LogP contribution is 2.23. The molecule has 3 nitrogen and oxygen atoms in total. The molecule has 4 heteroatoms. The van der Waals surface area contributed by atoms with E-state index in [2.05, 4.69) is 20.9 Å². The molecule has 14 heavy (non-hydrogen) atoms. The number of anilines is 1. The number of amides is 1. The largest absolute Gasteiger partial charge is 0.296 e. The molecule has 1 aliphatic heterocycles. The molecule has 0 bridgehead atoms. The van der Waals surface area contributed by atoms with E-state index in [1.54, 1.807) is 11.1 Å². The molecule has 1 unspecified atom stereocenters. The Morgan fingerprint density at radius 1 is 1.64 bits per heavy atom. The predicted octanol–water partition coefficient (Wildman–Crippen LogP) is 1.89. The van der Waals surface area contributed by atoms with Gasteiger partial charge in [0.25, 0.3) is 0 Å². The molecule has 0 aliphatic carbocycles. The van der Waals surface area contributed by atoms with Crippen molar-refractivity contribution >= 4 is 27.7 Å². The van der Waals surface area contributed by atoms with Gasteiger partial charge >= 0.3 is 0 Å². The van der Waals surface area contributed by atoms with Crippen molar-refractivity contribution in [1.29, 1.82) is 0 Å². The van der Waals surface area contributed by atoms with Gasteiger partial charge in [-0.3, -0.25) is 9.69 Å². The van der Waals surface area contributed by atoms with Crippen LogP contribution >= 0.6 is 15.9 Å². The second-order valence-electron chi connectivity index (χ2n) is 3.50. The van der Waals surface area contributed by atoms with Crippen molar-refractivity contribution in [2.45, 2.75) is 18.2 Å². The van der Waals surface area contributed by atoms with E-state index < -0.39 is 0 Å². The highest BCUT2D eigenvalue weighted by atomic mass is 79.9. The van der Waals surface area contributed by atoms with E-state index >= 15 is 0 Å². The fourth-order valence-corrected chi connectivity index (χ4v) is 2.12. The first-order valence-corrected chi connectivity index (χ1v) is 5.45. The van der Waals surface area contributed by atoms with Crippen LogP contribution in [-0.4, -0.2) is 22.3 Å². The van der Waals surface area contributed by atoms with E-state index in [1.807, 2.05) is 19.1 Å². The highest BCUT2D eigenvalue weighted by Gasteiger charge is 2.29. The minimum atomic E-state index is 0.143. The van der Waals surface area contributed by atoms with E-state index in [0.717, 1.165) is 17.9 Å². The van der Waals surface area contributed by atoms with Gasteiger partial charge in [0.1, 0.15) is 5.82 Å². The van der Waals surface area contributed by atoms with Gasteiger partial charge in [0, 0.05) is 24.0 Å². The van der Waals surface area contributed by atoms with Crippen molar-refractivity contribution in [2.75, 3.05) is 11.4 Å². The summed E-state index contributed by atoms with van der Waals surface area (Å²) >= 11 is 3.44. The minimum Gasteiger partial charge on any atom is -0.296 e. The Morgan fingerprint density at radius 3 is 3.00 bits per heavy atom. The Hall–Kier alpha value is -0.900. The summed E-state index contributed by atoms with van der Waals surface area (Å²) in [6, 6.07) is 3.86. The van der Waals surface area contributed by atoms with E-state index in [4.69, 9.17) is 0 Å². The topological polar surface area (TPSA) is 33.2 Å². The van der Waals surface area contributed by atoms with Crippen molar-refractivity contribution < 1.29 is 4.79 Å². The van der Waals surface area contributed by atoms with Gasteiger partial charge in [-0.25, -0.2) is 4.98 Å². The lowest BCUT2D eigenvalue weighted by molar-refractivity contribution is -0.117. The van der Waals surface area contributed by atoms with Gasteiger partial charge in [0.2, 0.25) is 5.91 Å². The molecule has 1 fully saturated rings. The number of aromatic nitrogens is 1. The van der Waals surface area contributed by atoms with E-state index in [0.29, 0.717) is 6.42 Å². The van der Waals surface area contributed by atoms with E-state index in [-0.39, 0.29) is 10.7 Å². The summed E-state index contributed by atoms with van der Waals surface area (Å²) in [6.07, 6.45) is 2.30. The fraction of sp³-hybridized carbons (Fsp3) is 0.400. The van der Waals surface area contributed by atoms with Crippen molar-refractivity contribution in [3.8, 4) is 0 Å². The average Bonchev–Trinajstić information content (AvgIpc) is 2.45. The third-order valence-corrected chi connectivity index (χ3v) is 2.87. The first-order chi connectivity index (χ1) is 6.66. The average molecular weight is 255 g/mol. The third-order valence-electron chi connectivity index (χ3n) is 2.26. The molecule has 1 aliphatic rings. The number of hydrogen-bond acceptors (Lipinski definition) is 2. The van der Waals surface area contributed by atoms with Crippen LogP contribution in [0.15, 0.2) is 18.3 Å². The highest BCUT2D eigenvalue weighted by molar-refractivity contribution is 9.09. The molecule has 0 spiro atoms. The molecule has 0 aromatic carbocycles. The van der Waals surface area contributed by atoms with Crippen LogP contribution in [0, 0.1) is 6.92 Å². The maximum absolute atomic E-state index is 11.6. The molecular weight excluding hydrogens is 244 g/mol. The van der Waals surface area contributed by atoms with Crippen molar-refractivity contribution in [1.82, 2.24) is 4.98 Å². The van der Waals surface area contributed by atoms with Crippen molar-refractivity contribution in [2.24, 2.45) is 0 Å². The monoisotopic (exact) mass is 254 g/mol. The molecule has 1 amide bonds. The second-order valence-corrected chi connectivity index (χ2v) is 4.79. The number of hydrogen-bond donors (Lipinski definition) is 0.